The van der Waals surface area contributed by atoms with Gasteiger partial charge in [-0.15, -0.1) is 0 Å². The quantitative estimate of drug-likeness (QED) is 0.569. The average Bonchev–Trinajstić information content (AvgIpc) is 2.80. The van der Waals surface area contributed by atoms with Gasteiger partial charge in [0, 0.05) is 17.7 Å². The molecule has 1 fully saturated rings. The van der Waals surface area contributed by atoms with Crippen LogP contribution in [0.2, 0.25) is 0 Å². The summed E-state index contributed by atoms with van der Waals surface area (Å²) in [5.41, 5.74) is 0.244. The molecule has 1 aliphatic carbocycles. The molecule has 36 heavy (non-hydrogen) atoms. The van der Waals surface area contributed by atoms with Crippen LogP contribution < -0.4 is 15.4 Å². The number of hydrogen-bond acceptors (Lipinski definition) is 6. The number of nitrogens with zero attached hydrogens (tertiary/aromatic N) is 1. The maximum atomic E-state index is 13.6. The van der Waals surface area contributed by atoms with Crippen molar-refractivity contribution in [3.63, 3.8) is 0 Å². The summed E-state index contributed by atoms with van der Waals surface area (Å²) < 4.78 is 56.6. The third-order valence-corrected chi connectivity index (χ3v) is 5.63. The van der Waals surface area contributed by atoms with E-state index >= 15 is 0 Å². The molecule has 2 N–H and O–H groups in total. The van der Waals surface area contributed by atoms with E-state index in [0.29, 0.717) is 22.6 Å². The highest BCUT2D eigenvalue weighted by Crippen LogP contribution is 2.40. The van der Waals surface area contributed by atoms with Gasteiger partial charge in [0.15, 0.2) is 11.4 Å². The van der Waals surface area contributed by atoms with Crippen LogP contribution in [0.4, 0.5) is 29.3 Å². The number of nitrogens with one attached hydrogen (secondary N) is 2. The summed E-state index contributed by atoms with van der Waals surface area (Å²) in [6, 6.07) is 5.87. The lowest BCUT2D eigenvalue weighted by atomic mass is 10.0. The number of hydrogen-bond donors (Lipinski definition) is 2. The predicted molar refractivity (Wildman–Crippen MR) is 126 cm³/mol. The van der Waals surface area contributed by atoms with Crippen LogP contribution in [0, 0.1) is 6.92 Å². The van der Waals surface area contributed by atoms with Crippen LogP contribution in [0.25, 0.3) is 5.57 Å². The third kappa shape index (κ3) is 5.51. The minimum Gasteiger partial charge on any atom is -0.493 e. The van der Waals surface area contributed by atoms with Crippen LogP contribution in [0.3, 0.4) is 0 Å². The van der Waals surface area contributed by atoms with Gasteiger partial charge in [-0.2, -0.15) is 13.2 Å². The standard InChI is InChI=1S/C25H24F3N3O5/c1-14-18(6-7-19(29-14)15-4-8-20(32)22(10-15)34-3)31-23(33)30-16-5-9-21(17(11-16)25(26,27)28)36-24(2)12-35-13-24/h4-7,9-11H,8,12-13H2,1-3H3,(H2,30,31,33). The number of aromatic nitrogens is 1. The number of ketones is 1. The molecule has 190 valence electrons. The molecule has 2 aliphatic rings. The van der Waals surface area contributed by atoms with Gasteiger partial charge < -0.3 is 24.8 Å². The molecule has 0 spiro atoms. The zero-order valence-electron chi connectivity index (χ0n) is 19.8. The first-order valence-electron chi connectivity index (χ1n) is 11.0. The molecule has 0 unspecified atom stereocenters. The predicted octanol–water partition coefficient (Wildman–Crippen LogP) is 5.11. The number of Topliss-reactive ketones (excluding diaryl/α,β-unsaturated/α-hetero) is 1. The number of pyridine rings is 1. The lowest BCUT2D eigenvalue weighted by Gasteiger charge is -2.38. The van der Waals surface area contributed by atoms with Crippen molar-refractivity contribution in [3.05, 3.63) is 65.2 Å². The second kappa shape index (κ2) is 9.65. The molecule has 0 atom stereocenters. The second-order valence-electron chi connectivity index (χ2n) is 8.66. The lowest BCUT2D eigenvalue weighted by Crippen LogP contribution is -2.51. The molecule has 0 saturated carbocycles. The number of ether oxygens (including phenoxy) is 3. The first-order chi connectivity index (χ1) is 17.0. The smallest absolute Gasteiger partial charge is 0.420 e. The van der Waals surface area contributed by atoms with Crippen molar-refractivity contribution >= 4 is 28.8 Å². The number of alkyl halides is 3. The average molecular weight is 503 g/mol. The Bertz CT molecular complexity index is 1270. The van der Waals surface area contributed by atoms with E-state index in [1.54, 1.807) is 38.1 Å². The van der Waals surface area contributed by atoms with Gasteiger partial charge in [0.1, 0.15) is 5.75 Å². The van der Waals surface area contributed by atoms with Gasteiger partial charge in [-0.1, -0.05) is 6.08 Å². The summed E-state index contributed by atoms with van der Waals surface area (Å²) in [7, 11) is 1.42. The largest absolute Gasteiger partial charge is 0.493 e. The second-order valence-corrected chi connectivity index (χ2v) is 8.66. The minimum atomic E-state index is -4.68. The van der Waals surface area contributed by atoms with E-state index in [9.17, 15) is 22.8 Å². The number of urea groups is 1. The number of anilines is 2. The Morgan fingerprint density at radius 2 is 1.92 bits per heavy atom. The van der Waals surface area contributed by atoms with Crippen molar-refractivity contribution in [3.8, 4) is 5.75 Å². The van der Waals surface area contributed by atoms with Crippen LogP contribution in [0.5, 0.6) is 5.75 Å². The number of aryl methyl sites for hydroxylation is 1. The van der Waals surface area contributed by atoms with Crippen molar-refractivity contribution in [1.29, 1.82) is 0 Å². The van der Waals surface area contributed by atoms with E-state index < -0.39 is 23.4 Å². The fourth-order valence-electron chi connectivity index (χ4n) is 3.71. The van der Waals surface area contributed by atoms with Crippen LogP contribution in [0.1, 0.15) is 30.3 Å². The van der Waals surface area contributed by atoms with Crippen LogP contribution in [-0.2, 0) is 20.4 Å². The van der Waals surface area contributed by atoms with Gasteiger partial charge in [0.25, 0.3) is 0 Å². The number of halogens is 3. The first kappa shape index (κ1) is 25.2. The summed E-state index contributed by atoms with van der Waals surface area (Å²) in [6.07, 6.45) is -1.17. The van der Waals surface area contributed by atoms with Gasteiger partial charge in [-0.25, -0.2) is 4.79 Å². The van der Waals surface area contributed by atoms with Gasteiger partial charge >= 0.3 is 12.2 Å². The highest BCUT2D eigenvalue weighted by molar-refractivity contribution is 6.01. The number of rotatable bonds is 6. The number of carbonyl (C=O) groups is 2. The molecule has 4 rings (SSSR count). The molecule has 11 heteroatoms. The van der Waals surface area contributed by atoms with Gasteiger partial charge in [-0.05, 0) is 50.3 Å². The molecule has 2 heterocycles. The van der Waals surface area contributed by atoms with Gasteiger partial charge in [0.05, 0.1) is 43.0 Å². The summed E-state index contributed by atoms with van der Waals surface area (Å²) in [4.78, 5) is 28.8. The Hall–Kier alpha value is -3.86. The van der Waals surface area contributed by atoms with E-state index in [-0.39, 0.29) is 42.6 Å². The van der Waals surface area contributed by atoms with Crippen LogP contribution in [0.15, 0.2) is 48.2 Å². The molecule has 1 aromatic heterocycles. The Morgan fingerprint density at radius 3 is 2.53 bits per heavy atom. The molecule has 8 nitrogen and oxygen atoms in total. The van der Waals surface area contributed by atoms with Crippen LogP contribution in [-0.4, -0.2) is 42.7 Å². The van der Waals surface area contributed by atoms with Crippen molar-refractivity contribution < 1.29 is 37.0 Å². The normalized spacial score (nSPS) is 16.9. The van der Waals surface area contributed by atoms with E-state index in [0.717, 1.165) is 6.07 Å². The Morgan fingerprint density at radius 1 is 1.17 bits per heavy atom. The summed E-state index contributed by atoms with van der Waals surface area (Å²) in [5, 5.41) is 5.00. The number of methoxy groups -OCH3 is 1. The monoisotopic (exact) mass is 503 g/mol. The number of amides is 2. The van der Waals surface area contributed by atoms with Crippen molar-refractivity contribution in [2.24, 2.45) is 0 Å². The molecule has 0 radical (unpaired) electrons. The zero-order valence-corrected chi connectivity index (χ0v) is 19.8. The van der Waals surface area contributed by atoms with E-state index in [2.05, 4.69) is 15.6 Å². The highest BCUT2D eigenvalue weighted by atomic mass is 19.4. The summed E-state index contributed by atoms with van der Waals surface area (Å²) in [5.74, 6) is -0.231. The minimum absolute atomic E-state index is 0.0568. The highest BCUT2D eigenvalue weighted by Gasteiger charge is 2.40. The van der Waals surface area contributed by atoms with Crippen molar-refractivity contribution in [2.45, 2.75) is 32.0 Å². The Kier molecular flexibility index (Phi) is 6.77. The Balaban J connectivity index is 1.47. The van der Waals surface area contributed by atoms with Crippen LogP contribution >= 0.6 is 0 Å². The molecule has 0 bridgehead atoms. The SMILES string of the molecule is COC1=CC(c2ccc(NC(=O)Nc3ccc(OC4(C)COC4)c(C(F)(F)F)c3)c(C)n2)=CCC1=O. The van der Waals surface area contributed by atoms with E-state index in [1.165, 1.54) is 19.2 Å². The molecular weight excluding hydrogens is 479 g/mol. The maximum absolute atomic E-state index is 13.6. The molecule has 1 aromatic carbocycles. The van der Waals surface area contributed by atoms with Gasteiger partial charge in [0.2, 0.25) is 5.78 Å². The molecule has 1 aliphatic heterocycles. The maximum Gasteiger partial charge on any atom is 0.420 e. The fourth-order valence-corrected chi connectivity index (χ4v) is 3.71. The van der Waals surface area contributed by atoms with E-state index in [4.69, 9.17) is 14.2 Å². The lowest BCUT2D eigenvalue weighted by molar-refractivity contribution is -0.160. The van der Waals surface area contributed by atoms with Gasteiger partial charge in [-0.3, -0.25) is 9.78 Å². The number of benzene rings is 1. The zero-order chi connectivity index (χ0) is 26.1. The fraction of sp³-hybridized carbons (Fsp3) is 0.320. The molecule has 1 saturated heterocycles. The van der Waals surface area contributed by atoms with Crippen molar-refractivity contribution in [2.75, 3.05) is 31.0 Å². The molecular formula is C25H24F3N3O5. The van der Waals surface area contributed by atoms with Crippen molar-refractivity contribution in [1.82, 2.24) is 4.98 Å². The first-order valence-corrected chi connectivity index (χ1v) is 11.0. The Labute approximate surface area is 205 Å². The molecule has 2 aromatic rings. The summed E-state index contributed by atoms with van der Waals surface area (Å²) >= 11 is 0. The number of allylic oxidation sites excluding steroid dienone is 4. The number of carbonyl (C=O) groups excluding carboxylic acids is 2. The third-order valence-electron chi connectivity index (χ3n) is 5.63. The molecule has 2 amide bonds. The van der Waals surface area contributed by atoms with E-state index in [1.807, 2.05) is 0 Å². The summed E-state index contributed by atoms with van der Waals surface area (Å²) in [6.45, 7) is 3.72. The topological polar surface area (TPSA) is 98.8 Å².